The van der Waals surface area contributed by atoms with Crippen molar-refractivity contribution in [1.29, 1.82) is 10.5 Å². The largest absolute Gasteiger partial charge is 0.198 e. The lowest BCUT2D eigenvalue weighted by molar-refractivity contribution is 0.642. The zero-order valence-corrected chi connectivity index (χ0v) is 6.26. The molecule has 0 aliphatic rings. The molecule has 2 heteroatoms. The van der Waals surface area contributed by atoms with Gasteiger partial charge in [0.25, 0.3) is 0 Å². The van der Waals surface area contributed by atoms with Crippen molar-refractivity contribution in [2.24, 2.45) is 5.41 Å². The molecular weight excluding hydrogens is 124 g/mol. The summed E-state index contributed by atoms with van der Waals surface area (Å²) in [5, 5.41) is 16.7. The number of nitriles is 2. The van der Waals surface area contributed by atoms with Gasteiger partial charge in [-0.25, -0.2) is 0 Å². The average Bonchev–Trinajstić information content (AvgIpc) is 1.89. The molecule has 0 N–H and O–H groups in total. The van der Waals surface area contributed by atoms with Gasteiger partial charge in [-0.3, -0.25) is 0 Å². The van der Waals surface area contributed by atoms with Crippen molar-refractivity contribution in [3.8, 4) is 12.1 Å². The maximum atomic E-state index is 8.51. The maximum absolute atomic E-state index is 8.51. The van der Waals surface area contributed by atoms with E-state index in [0.29, 0.717) is 6.42 Å². The molecule has 2 nitrogen and oxygen atoms in total. The molecule has 52 valence electrons. The van der Waals surface area contributed by atoms with Gasteiger partial charge < -0.3 is 0 Å². The van der Waals surface area contributed by atoms with Crippen LogP contribution >= 0.6 is 0 Å². The van der Waals surface area contributed by atoms with Crippen molar-refractivity contribution in [2.75, 3.05) is 0 Å². The van der Waals surface area contributed by atoms with Crippen LogP contribution in [0.1, 0.15) is 20.3 Å². The molecular formula is C8H10N2. The quantitative estimate of drug-likeness (QED) is 0.542. The van der Waals surface area contributed by atoms with E-state index in [9.17, 15) is 0 Å². The molecule has 0 radical (unpaired) electrons. The number of hydrogen-bond acceptors (Lipinski definition) is 2. The summed E-state index contributed by atoms with van der Waals surface area (Å²) in [6.45, 7) is 3.61. The third kappa shape index (κ3) is 3.69. The highest BCUT2D eigenvalue weighted by molar-refractivity contribution is 5.08. The molecule has 0 aliphatic heterocycles. The van der Waals surface area contributed by atoms with Crippen LogP contribution in [0, 0.1) is 28.1 Å². The minimum Gasteiger partial charge on any atom is -0.198 e. The Hall–Kier alpha value is -1.28. The molecule has 0 aromatic heterocycles. The van der Waals surface area contributed by atoms with Crippen molar-refractivity contribution in [1.82, 2.24) is 0 Å². The molecule has 0 saturated carbocycles. The van der Waals surface area contributed by atoms with Gasteiger partial charge in [-0.2, -0.15) is 10.5 Å². The fourth-order valence-electron chi connectivity index (χ4n) is 0.444. The summed E-state index contributed by atoms with van der Waals surface area (Å²) in [7, 11) is 0. The van der Waals surface area contributed by atoms with Crippen LogP contribution < -0.4 is 0 Å². The van der Waals surface area contributed by atoms with Gasteiger partial charge in [-0.05, 0) is 13.8 Å². The second-order valence-corrected chi connectivity index (χ2v) is 2.60. The second-order valence-electron chi connectivity index (χ2n) is 2.60. The first-order chi connectivity index (χ1) is 4.62. The van der Waals surface area contributed by atoms with E-state index in [1.807, 2.05) is 6.07 Å². The molecule has 0 saturated heterocycles. The SMILES string of the molecule is CC(C)(C#N)C=CCC#N. The molecule has 0 aromatic rings. The number of rotatable bonds is 2. The lowest BCUT2D eigenvalue weighted by atomic mass is 9.95. The van der Waals surface area contributed by atoms with Crippen LogP contribution in [0.15, 0.2) is 12.2 Å². The van der Waals surface area contributed by atoms with Gasteiger partial charge >= 0.3 is 0 Å². The number of allylic oxidation sites excluding steroid dienone is 2. The van der Waals surface area contributed by atoms with Gasteiger partial charge in [0.05, 0.1) is 24.0 Å². The van der Waals surface area contributed by atoms with Gasteiger partial charge in [0.15, 0.2) is 0 Å². The predicted octanol–water partition coefficient (Wildman–Crippen LogP) is 2.01. The number of nitrogens with zero attached hydrogens (tertiary/aromatic N) is 2. The summed E-state index contributed by atoms with van der Waals surface area (Å²) in [6.07, 6.45) is 3.84. The summed E-state index contributed by atoms with van der Waals surface area (Å²) >= 11 is 0. The topological polar surface area (TPSA) is 47.6 Å². The first-order valence-corrected chi connectivity index (χ1v) is 3.08. The molecule has 0 aromatic carbocycles. The maximum Gasteiger partial charge on any atom is 0.0725 e. The Balaban J connectivity index is 3.93. The van der Waals surface area contributed by atoms with Crippen LogP contribution in [-0.2, 0) is 0 Å². The monoisotopic (exact) mass is 134 g/mol. The van der Waals surface area contributed by atoms with E-state index in [2.05, 4.69) is 6.07 Å². The summed E-state index contributed by atoms with van der Waals surface area (Å²) < 4.78 is 0. The van der Waals surface area contributed by atoms with Crippen LogP contribution in [0.3, 0.4) is 0 Å². The van der Waals surface area contributed by atoms with E-state index in [1.165, 1.54) is 0 Å². The van der Waals surface area contributed by atoms with E-state index in [-0.39, 0.29) is 0 Å². The second kappa shape index (κ2) is 3.69. The van der Waals surface area contributed by atoms with Crippen molar-refractivity contribution in [2.45, 2.75) is 20.3 Å². The normalized spacial score (nSPS) is 10.8. The first kappa shape index (κ1) is 8.72. The highest BCUT2D eigenvalue weighted by atomic mass is 14.3. The van der Waals surface area contributed by atoms with Gasteiger partial charge in [0.1, 0.15) is 0 Å². The molecule has 0 fully saturated rings. The van der Waals surface area contributed by atoms with E-state index in [1.54, 1.807) is 26.0 Å². The van der Waals surface area contributed by atoms with Crippen molar-refractivity contribution in [3.05, 3.63) is 12.2 Å². The summed E-state index contributed by atoms with van der Waals surface area (Å²) in [6, 6.07) is 4.07. The molecule has 0 heterocycles. The minimum absolute atomic E-state index is 0.380. The molecule has 0 spiro atoms. The Bertz CT molecular complexity index is 200. The van der Waals surface area contributed by atoms with Crippen molar-refractivity contribution < 1.29 is 0 Å². The standard InChI is InChI=1S/C8H10N2/c1-8(2,7-10)5-3-4-6-9/h3,5H,4H2,1-2H3. The zero-order valence-electron chi connectivity index (χ0n) is 6.26. The van der Waals surface area contributed by atoms with Gasteiger partial charge in [0.2, 0.25) is 0 Å². The summed E-state index contributed by atoms with van der Waals surface area (Å²) in [5.74, 6) is 0. The lowest BCUT2D eigenvalue weighted by Gasteiger charge is -2.05. The summed E-state index contributed by atoms with van der Waals surface area (Å²) in [4.78, 5) is 0. The fraction of sp³-hybridized carbons (Fsp3) is 0.500. The lowest BCUT2D eigenvalue weighted by Crippen LogP contribution is -2.01. The van der Waals surface area contributed by atoms with Crippen LogP contribution in [0.4, 0.5) is 0 Å². The van der Waals surface area contributed by atoms with E-state index in [0.717, 1.165) is 0 Å². The van der Waals surface area contributed by atoms with Gasteiger partial charge in [-0.1, -0.05) is 12.2 Å². The van der Waals surface area contributed by atoms with Crippen LogP contribution in [0.25, 0.3) is 0 Å². The summed E-state index contributed by atoms with van der Waals surface area (Å²) in [5.41, 5.74) is -0.434. The Kier molecular flexibility index (Phi) is 3.22. The van der Waals surface area contributed by atoms with Crippen LogP contribution in [0.2, 0.25) is 0 Å². The third-order valence-corrected chi connectivity index (χ3v) is 1.03. The number of hydrogen-bond donors (Lipinski definition) is 0. The molecule has 0 atom stereocenters. The highest BCUT2D eigenvalue weighted by Crippen LogP contribution is 2.14. The Labute approximate surface area is 61.4 Å². The van der Waals surface area contributed by atoms with E-state index in [4.69, 9.17) is 10.5 Å². The third-order valence-electron chi connectivity index (χ3n) is 1.03. The molecule has 10 heavy (non-hydrogen) atoms. The minimum atomic E-state index is -0.434. The highest BCUT2D eigenvalue weighted by Gasteiger charge is 2.09. The molecule has 0 unspecified atom stereocenters. The average molecular weight is 134 g/mol. The van der Waals surface area contributed by atoms with Gasteiger partial charge in [0, 0.05) is 0 Å². The Morgan fingerprint density at radius 3 is 2.40 bits per heavy atom. The fourth-order valence-corrected chi connectivity index (χ4v) is 0.444. The molecule has 0 aliphatic carbocycles. The molecule has 0 rings (SSSR count). The van der Waals surface area contributed by atoms with E-state index >= 15 is 0 Å². The first-order valence-electron chi connectivity index (χ1n) is 3.08. The van der Waals surface area contributed by atoms with Crippen molar-refractivity contribution in [3.63, 3.8) is 0 Å². The Morgan fingerprint density at radius 1 is 1.40 bits per heavy atom. The van der Waals surface area contributed by atoms with Crippen LogP contribution in [0.5, 0.6) is 0 Å². The van der Waals surface area contributed by atoms with Gasteiger partial charge in [-0.15, -0.1) is 0 Å². The molecule has 0 amide bonds. The zero-order chi connectivity index (χ0) is 8.04. The molecule has 0 bridgehead atoms. The van der Waals surface area contributed by atoms with E-state index < -0.39 is 5.41 Å². The van der Waals surface area contributed by atoms with Crippen LogP contribution in [-0.4, -0.2) is 0 Å². The van der Waals surface area contributed by atoms with Crippen molar-refractivity contribution >= 4 is 0 Å². The smallest absolute Gasteiger partial charge is 0.0725 e. The predicted molar refractivity (Wildman–Crippen MR) is 38.8 cm³/mol. The Morgan fingerprint density at radius 2 is 2.00 bits per heavy atom.